The fourth-order valence-electron chi connectivity index (χ4n) is 4.20. The minimum Gasteiger partial charge on any atom is -0.341 e. The number of nitrogens with zero attached hydrogens (tertiary/aromatic N) is 4. The van der Waals surface area contributed by atoms with Crippen molar-refractivity contribution in [2.24, 2.45) is 16.1 Å². The highest BCUT2D eigenvalue weighted by Gasteiger charge is 2.25. The number of anilines is 1. The molecule has 4 nitrogen and oxygen atoms in total. The molecule has 2 aromatic rings. The van der Waals surface area contributed by atoms with Crippen LogP contribution in [0.4, 0.5) is 18.9 Å². The highest BCUT2D eigenvalue weighted by molar-refractivity contribution is 6.15. The third kappa shape index (κ3) is 4.93. The van der Waals surface area contributed by atoms with Crippen molar-refractivity contribution in [1.29, 1.82) is 0 Å². The van der Waals surface area contributed by atoms with Crippen LogP contribution in [-0.4, -0.2) is 42.9 Å². The largest absolute Gasteiger partial charge is 0.341 e. The van der Waals surface area contributed by atoms with Crippen molar-refractivity contribution in [3.8, 4) is 0 Å². The van der Waals surface area contributed by atoms with Crippen LogP contribution >= 0.6 is 0 Å². The molecule has 2 aliphatic rings. The van der Waals surface area contributed by atoms with Crippen LogP contribution in [0.15, 0.2) is 71.0 Å². The molecule has 0 unspecified atom stereocenters. The van der Waals surface area contributed by atoms with Gasteiger partial charge in [0.15, 0.2) is 0 Å². The number of benzene rings is 2. The zero-order valence-electron chi connectivity index (χ0n) is 18.1. The first kappa shape index (κ1) is 22.3. The highest BCUT2D eigenvalue weighted by atomic mass is 19.3. The monoisotopic (exact) mass is 440 g/mol. The van der Waals surface area contributed by atoms with Crippen molar-refractivity contribution in [2.75, 3.05) is 25.0 Å². The first-order chi connectivity index (χ1) is 15.4. The van der Waals surface area contributed by atoms with Crippen LogP contribution in [0.2, 0.25) is 0 Å². The first-order valence-electron chi connectivity index (χ1n) is 10.8. The molecule has 2 aromatic carbocycles. The second-order valence-electron chi connectivity index (χ2n) is 8.41. The molecule has 0 N–H and O–H groups in total. The summed E-state index contributed by atoms with van der Waals surface area (Å²) in [6.07, 6.45) is -0.663. The molecule has 1 saturated heterocycles. The molecule has 2 aliphatic heterocycles. The number of piperidine rings is 1. The first-order valence-corrected chi connectivity index (χ1v) is 10.8. The Labute approximate surface area is 186 Å². The number of hydrogen-bond donors (Lipinski definition) is 0. The smallest absolute Gasteiger partial charge is 0.278 e. The predicted octanol–water partition coefficient (Wildman–Crippen LogP) is 5.50. The van der Waals surface area contributed by atoms with Crippen LogP contribution in [0.25, 0.3) is 0 Å². The highest BCUT2D eigenvalue weighted by Crippen LogP contribution is 2.31. The van der Waals surface area contributed by atoms with Gasteiger partial charge < -0.3 is 9.80 Å². The number of para-hydroxylation sites is 1. The molecular formula is C25H27F3N4. The lowest BCUT2D eigenvalue weighted by Crippen LogP contribution is -2.35. The molecule has 2 heterocycles. The summed E-state index contributed by atoms with van der Waals surface area (Å²) in [6.45, 7) is 6.76. The molecule has 0 amide bonds. The molecule has 0 bridgehead atoms. The minimum atomic E-state index is -2.65. The van der Waals surface area contributed by atoms with Gasteiger partial charge in [-0.3, -0.25) is 0 Å². The maximum atomic E-state index is 15.1. The van der Waals surface area contributed by atoms with Gasteiger partial charge in [-0.05, 0) is 51.2 Å². The van der Waals surface area contributed by atoms with E-state index in [0.717, 1.165) is 37.3 Å². The van der Waals surface area contributed by atoms with Gasteiger partial charge >= 0.3 is 0 Å². The molecule has 0 spiro atoms. The van der Waals surface area contributed by atoms with E-state index in [0.29, 0.717) is 29.3 Å². The Morgan fingerprint density at radius 2 is 1.84 bits per heavy atom. The lowest BCUT2D eigenvalue weighted by molar-refractivity contribution is 0.224. The van der Waals surface area contributed by atoms with E-state index in [4.69, 9.17) is 0 Å². The fraction of sp³-hybridized carbons (Fsp3) is 0.360. The minimum absolute atomic E-state index is 0.0560. The quantitative estimate of drug-likeness (QED) is 0.569. The molecular weight excluding hydrogens is 413 g/mol. The van der Waals surface area contributed by atoms with Crippen molar-refractivity contribution in [2.45, 2.75) is 32.2 Å². The summed E-state index contributed by atoms with van der Waals surface area (Å²) in [4.78, 5) is 4.39. The van der Waals surface area contributed by atoms with Gasteiger partial charge in [-0.25, -0.2) is 13.2 Å². The Morgan fingerprint density at radius 1 is 1.12 bits per heavy atom. The van der Waals surface area contributed by atoms with Crippen LogP contribution in [0.5, 0.6) is 0 Å². The molecule has 168 valence electrons. The van der Waals surface area contributed by atoms with Gasteiger partial charge in [0.25, 0.3) is 6.43 Å². The van der Waals surface area contributed by atoms with E-state index in [9.17, 15) is 8.78 Å². The Kier molecular flexibility index (Phi) is 6.74. The molecule has 0 aliphatic carbocycles. The third-order valence-corrected chi connectivity index (χ3v) is 6.22. The average molecular weight is 441 g/mol. The zero-order chi connectivity index (χ0) is 22.7. The molecule has 0 atom stereocenters. The second-order valence-corrected chi connectivity index (χ2v) is 8.41. The van der Waals surface area contributed by atoms with E-state index in [1.54, 1.807) is 12.1 Å². The van der Waals surface area contributed by atoms with Crippen molar-refractivity contribution in [3.63, 3.8) is 0 Å². The van der Waals surface area contributed by atoms with Gasteiger partial charge in [-0.2, -0.15) is 10.2 Å². The number of rotatable bonds is 7. The standard InChI is InChI=1S/C25H27F3N4/c1-17(18-10-12-31(2)13-11-18)32(21-6-4-3-5-7-21)16-20-9-8-19(14-22(20)26)23-15-24(25(27)28)30-29-23/h3-9,14,18,25H,1,10-13,15-16H2,2H3. The van der Waals surface area contributed by atoms with E-state index in [2.05, 4.69) is 33.6 Å². The summed E-state index contributed by atoms with van der Waals surface area (Å²) in [5.74, 6) is -0.0562. The summed E-state index contributed by atoms with van der Waals surface area (Å²) < 4.78 is 40.8. The van der Waals surface area contributed by atoms with Gasteiger partial charge in [0.1, 0.15) is 11.5 Å². The molecule has 32 heavy (non-hydrogen) atoms. The van der Waals surface area contributed by atoms with Crippen LogP contribution in [0, 0.1) is 11.7 Å². The number of halogens is 3. The van der Waals surface area contributed by atoms with Gasteiger partial charge in [-0.1, -0.05) is 36.9 Å². The summed E-state index contributed by atoms with van der Waals surface area (Å²) in [6, 6.07) is 14.7. The van der Waals surface area contributed by atoms with Crippen LogP contribution in [0.1, 0.15) is 30.4 Å². The van der Waals surface area contributed by atoms with E-state index < -0.39 is 12.2 Å². The number of allylic oxidation sites excluding steroid dienone is 1. The topological polar surface area (TPSA) is 31.2 Å². The lowest BCUT2D eigenvalue weighted by atomic mass is 9.92. The molecule has 4 rings (SSSR count). The summed E-state index contributed by atoms with van der Waals surface area (Å²) >= 11 is 0. The van der Waals surface area contributed by atoms with E-state index in [-0.39, 0.29) is 12.1 Å². The SMILES string of the molecule is C=C(C1CCN(C)CC1)N(Cc1ccc(C2=NN=C(C(F)F)C2)cc1F)c1ccccc1. The van der Waals surface area contributed by atoms with Crippen molar-refractivity contribution < 1.29 is 13.2 Å². The third-order valence-electron chi connectivity index (χ3n) is 6.22. The van der Waals surface area contributed by atoms with E-state index >= 15 is 4.39 Å². The van der Waals surface area contributed by atoms with Gasteiger partial charge in [0, 0.05) is 34.9 Å². The second kappa shape index (κ2) is 9.69. The fourth-order valence-corrected chi connectivity index (χ4v) is 4.20. The lowest BCUT2D eigenvalue weighted by Gasteiger charge is -2.36. The van der Waals surface area contributed by atoms with Gasteiger partial charge in [-0.15, -0.1) is 0 Å². The van der Waals surface area contributed by atoms with E-state index in [1.165, 1.54) is 6.07 Å². The van der Waals surface area contributed by atoms with Gasteiger partial charge in [0.2, 0.25) is 0 Å². The zero-order valence-corrected chi connectivity index (χ0v) is 18.1. The summed E-state index contributed by atoms with van der Waals surface area (Å²) in [5.41, 5.74) is 3.03. The van der Waals surface area contributed by atoms with Gasteiger partial charge in [0.05, 0.1) is 12.3 Å². The Balaban J connectivity index is 1.54. The average Bonchev–Trinajstić information content (AvgIpc) is 3.30. The van der Waals surface area contributed by atoms with Crippen molar-refractivity contribution in [3.05, 3.63) is 77.8 Å². The Morgan fingerprint density at radius 3 is 2.47 bits per heavy atom. The van der Waals surface area contributed by atoms with Crippen LogP contribution in [0.3, 0.4) is 0 Å². The normalized spacial score (nSPS) is 17.4. The molecule has 0 radical (unpaired) electrons. The molecule has 1 fully saturated rings. The molecule has 0 aromatic heterocycles. The summed E-state index contributed by atoms with van der Waals surface area (Å²) in [7, 11) is 2.12. The number of alkyl halides is 2. The number of hydrogen-bond acceptors (Lipinski definition) is 4. The Bertz CT molecular complexity index is 1020. The van der Waals surface area contributed by atoms with Crippen molar-refractivity contribution in [1.82, 2.24) is 4.90 Å². The maximum absolute atomic E-state index is 15.1. The van der Waals surface area contributed by atoms with Crippen LogP contribution < -0.4 is 4.90 Å². The maximum Gasteiger partial charge on any atom is 0.278 e. The van der Waals surface area contributed by atoms with Crippen LogP contribution in [-0.2, 0) is 6.54 Å². The van der Waals surface area contributed by atoms with E-state index in [1.807, 2.05) is 30.3 Å². The predicted molar refractivity (Wildman–Crippen MR) is 123 cm³/mol. The Hall–Kier alpha value is -2.93. The number of likely N-dealkylation sites (tertiary alicyclic amines) is 1. The van der Waals surface area contributed by atoms with Crippen molar-refractivity contribution >= 4 is 17.1 Å². The molecule has 7 heteroatoms. The summed E-state index contributed by atoms with van der Waals surface area (Å²) in [5, 5.41) is 7.34. The molecule has 0 saturated carbocycles.